The number of rotatable bonds is 32. The first-order chi connectivity index (χ1) is 69.5. The van der Waals surface area contributed by atoms with Crippen molar-refractivity contribution in [2.75, 3.05) is 88.3 Å². The number of aromatic nitrogens is 5. The van der Waals surface area contributed by atoms with Crippen molar-refractivity contribution in [1.29, 1.82) is 26.3 Å². The number of hydrogen-bond donors (Lipinski definition) is 10. The summed E-state index contributed by atoms with van der Waals surface area (Å²) < 4.78 is 37.5. The van der Waals surface area contributed by atoms with Gasteiger partial charge in [0.15, 0.2) is 0 Å². The molecule has 15 aromatic rings. The minimum absolute atomic E-state index is 0.0641. The molecule has 10 aromatic carbocycles. The molecule has 736 valence electrons. The Morgan fingerprint density at radius 3 is 0.783 bits per heavy atom. The van der Waals surface area contributed by atoms with Crippen LogP contribution in [0.15, 0.2) is 225 Å². The van der Waals surface area contributed by atoms with Crippen LogP contribution in [-0.4, -0.2) is 121 Å². The first kappa shape index (κ1) is 106. The predicted molar refractivity (Wildman–Crippen MR) is 572 cm³/mol. The lowest BCUT2D eigenvalue weighted by molar-refractivity contribution is 0.249. The lowest BCUT2D eigenvalue weighted by Gasteiger charge is -2.12. The van der Waals surface area contributed by atoms with Gasteiger partial charge >= 0.3 is 30.2 Å². The molecular formula is C113H124N20O10. The van der Waals surface area contributed by atoms with Crippen LogP contribution in [-0.2, 0) is 32.7 Å². The molecule has 0 saturated carbocycles. The number of carbonyl (C=O) groups is 5. The molecule has 30 nitrogen and oxygen atoms in total. The molecule has 143 heavy (non-hydrogen) atoms. The number of carbonyl (C=O) groups excluding carboxylic acids is 5. The summed E-state index contributed by atoms with van der Waals surface area (Å²) in [6.45, 7) is 29.9. The average Bonchev–Trinajstić information content (AvgIpc) is 1.63. The number of aryl methyl sites for hydroxylation is 5. The van der Waals surface area contributed by atoms with Gasteiger partial charge in [-0.05, 0) is 246 Å². The van der Waals surface area contributed by atoms with Crippen molar-refractivity contribution in [3.63, 3.8) is 0 Å². The van der Waals surface area contributed by atoms with Gasteiger partial charge in [-0.3, -0.25) is 0 Å². The highest BCUT2D eigenvalue weighted by molar-refractivity contribution is 6.02. The molecule has 0 aliphatic carbocycles. The van der Waals surface area contributed by atoms with E-state index in [1.54, 1.807) is 41.6 Å². The first-order valence-electron chi connectivity index (χ1n) is 47.9. The van der Waals surface area contributed by atoms with Crippen LogP contribution in [0.3, 0.4) is 0 Å². The number of benzene rings is 10. The molecule has 5 aromatic heterocycles. The average molecular weight is 1920 g/mol. The van der Waals surface area contributed by atoms with Crippen molar-refractivity contribution in [1.82, 2.24) is 49.4 Å². The molecule has 0 unspecified atom stereocenters. The summed E-state index contributed by atoms with van der Waals surface area (Å²) in [7, 11) is 8.10. The van der Waals surface area contributed by atoms with Gasteiger partial charge in [-0.2, -0.15) is 26.3 Å². The van der Waals surface area contributed by atoms with Gasteiger partial charge in [0.25, 0.3) is 0 Å². The first-order valence-corrected chi connectivity index (χ1v) is 47.9. The molecule has 10 N–H and O–H groups in total. The highest BCUT2D eigenvalue weighted by Crippen LogP contribution is 2.43. The SMILES string of the molecule is C=CCNC(=O)Nc1ccc(-c2c(C#N)c3cc(OC)ccc3n2CC)cc1.CCCCNC(=O)Nc1ccc(-c2c(C#N)c3cc(OC)ccc3n2CC)cc1.CCCNC(=O)Nc1ccc(-c2c(C#N)c3cc(OC)ccc3n2CCC)cc1.CCCn1c(-c2ccc(NC(=O)NC(C)C)cc2)c(C#N)c2cc(OC)ccc21.CCCn1c(-c2ccc(NC(=O)NCC)cc2)c(C#N)c2cc(OC)ccc21. The van der Waals surface area contributed by atoms with E-state index in [1.165, 1.54) is 0 Å². The molecule has 0 spiro atoms. The Morgan fingerprint density at radius 2 is 0.559 bits per heavy atom. The van der Waals surface area contributed by atoms with Gasteiger partial charge in [0.2, 0.25) is 0 Å². The largest absolute Gasteiger partial charge is 0.497 e. The van der Waals surface area contributed by atoms with Crippen molar-refractivity contribution in [3.8, 4) is 115 Å². The summed E-state index contributed by atoms with van der Waals surface area (Å²) in [5.74, 6) is 3.62. The summed E-state index contributed by atoms with van der Waals surface area (Å²) >= 11 is 0. The number of hydrogen-bond acceptors (Lipinski definition) is 15. The fraction of sp³-hybridized carbons (Fsp3) is 0.274. The second kappa shape index (κ2) is 51.7. The Hall–Kier alpha value is -17.6. The maximum Gasteiger partial charge on any atom is 0.319 e. The fourth-order valence-corrected chi connectivity index (χ4v) is 17.0. The van der Waals surface area contributed by atoms with Gasteiger partial charge in [0.05, 0.1) is 119 Å². The number of nitrogens with zero attached hydrogens (tertiary/aromatic N) is 10. The number of nitrogens with one attached hydrogen (secondary N) is 10. The summed E-state index contributed by atoms with van der Waals surface area (Å²) in [6, 6.07) is 77.5. The number of anilines is 5. The molecule has 0 radical (unpaired) electrons. The van der Waals surface area contributed by atoms with E-state index in [1.807, 2.05) is 247 Å². The number of fused-ring (bicyclic) bond motifs is 5. The third kappa shape index (κ3) is 25.5. The maximum absolute atomic E-state index is 11.9. The van der Waals surface area contributed by atoms with Crippen LogP contribution in [0.2, 0.25) is 0 Å². The zero-order chi connectivity index (χ0) is 103. The summed E-state index contributed by atoms with van der Waals surface area (Å²) in [4.78, 5) is 59.2. The minimum atomic E-state index is -0.292. The Morgan fingerprint density at radius 1 is 0.315 bits per heavy atom. The number of methoxy groups -OCH3 is 5. The number of nitriles is 5. The van der Waals surface area contributed by atoms with Gasteiger partial charge in [-0.1, -0.05) is 108 Å². The summed E-state index contributed by atoms with van der Waals surface area (Å²) in [5.41, 5.74) is 20.7. The van der Waals surface area contributed by atoms with Gasteiger partial charge in [0.1, 0.15) is 59.1 Å². The molecule has 0 bridgehead atoms. The Bertz CT molecular complexity index is 7230. The smallest absolute Gasteiger partial charge is 0.319 e. The van der Waals surface area contributed by atoms with E-state index < -0.39 is 0 Å². The van der Waals surface area contributed by atoms with E-state index in [9.17, 15) is 50.3 Å². The predicted octanol–water partition coefficient (Wildman–Crippen LogP) is 24.6. The highest BCUT2D eigenvalue weighted by atomic mass is 16.5. The van der Waals surface area contributed by atoms with Gasteiger partial charge in [-0.25, -0.2) is 24.0 Å². The van der Waals surface area contributed by atoms with Gasteiger partial charge in [0, 0.05) is 120 Å². The van der Waals surface area contributed by atoms with E-state index in [0.29, 0.717) is 88.2 Å². The standard InChI is InChI=1S/3C23H26N4O2.C22H22N4O2.C22H24N4O2/c1-5-12-27-21-11-10-18(29-4)13-19(21)20(14-24)22(27)16-6-8-17(9-7-16)26-23(28)25-15(2)3;1-4-12-25-23(28)26-17-8-6-16(7-9-17)22-20(15-24)19-14-18(29-3)10-11-21(19)27(22)13-5-2;1-4-6-13-25-23(28)26-17-9-7-16(8-10-17)22-20(15-24)19-14-18(29-3)11-12-21(19)27(22)5-2;1-4-12-24-22(27)25-16-8-6-15(7-9-16)21-19(14-23)18-13-17(28-3)10-11-20(18)26(21)5-2;1-4-12-26-20-11-10-17(28-3)13-18(20)19(14-23)21(26)15-6-8-16(9-7-15)25-22(27)24-5-2/h6-11,13,15H,5,12H2,1-4H3,(H2,25,26,28);6-11,14H,4-5,12-13H2,1-3H3,(H2,25,26,28);7-12,14H,4-6,13H2,1-3H3,(H2,25,26,28);4,6-11,13H,1,5,12H2,2-3H3,(H2,24,25,27);6-11,13H,4-5,12H2,1-3H3,(H2,24,25,27). The van der Waals surface area contributed by atoms with E-state index in [-0.39, 0.29) is 36.2 Å². The van der Waals surface area contributed by atoms with E-state index in [0.717, 1.165) is 205 Å². The molecule has 30 heteroatoms. The van der Waals surface area contributed by atoms with E-state index >= 15 is 0 Å². The zero-order valence-electron chi connectivity index (χ0n) is 83.7. The topological polar surface area (TPSA) is 395 Å². The number of ether oxygens (including phenoxy) is 5. The van der Waals surface area contributed by atoms with Crippen molar-refractivity contribution in [3.05, 3.63) is 253 Å². The van der Waals surface area contributed by atoms with Crippen molar-refractivity contribution >= 4 is 113 Å². The van der Waals surface area contributed by atoms with Gasteiger partial charge < -0.3 is 99.7 Å². The van der Waals surface area contributed by atoms with Crippen LogP contribution in [0, 0.1) is 56.7 Å². The lowest BCUT2D eigenvalue weighted by Crippen LogP contribution is -2.34. The normalized spacial score (nSPS) is 10.5. The minimum Gasteiger partial charge on any atom is -0.497 e. The van der Waals surface area contributed by atoms with Crippen molar-refractivity contribution < 1.29 is 47.7 Å². The molecule has 0 atom stereocenters. The van der Waals surface area contributed by atoms with Crippen LogP contribution < -0.4 is 76.9 Å². The molecule has 15 rings (SSSR count). The fourth-order valence-electron chi connectivity index (χ4n) is 17.0. The zero-order valence-corrected chi connectivity index (χ0v) is 83.7. The number of urea groups is 5. The number of amides is 10. The second-order valence-electron chi connectivity index (χ2n) is 33.4. The van der Waals surface area contributed by atoms with E-state index in [2.05, 4.69) is 148 Å². The molecule has 0 aliphatic heterocycles. The molecular weight excluding hydrogens is 1800 g/mol. The quantitative estimate of drug-likeness (QED) is 0.0138. The molecule has 0 fully saturated rings. The third-order valence-electron chi connectivity index (χ3n) is 23.5. The van der Waals surface area contributed by atoms with Crippen molar-refractivity contribution in [2.45, 2.75) is 147 Å². The Kier molecular flexibility index (Phi) is 38.3. The monoisotopic (exact) mass is 1920 g/mol. The molecule has 0 saturated heterocycles. The van der Waals surface area contributed by atoms with Crippen LogP contribution >= 0.6 is 0 Å². The Balaban J connectivity index is 0.000000171. The van der Waals surface area contributed by atoms with E-state index in [4.69, 9.17) is 23.7 Å². The Labute approximate surface area is 834 Å². The third-order valence-corrected chi connectivity index (χ3v) is 23.5. The van der Waals surface area contributed by atoms with Crippen LogP contribution in [0.25, 0.3) is 111 Å². The molecule has 10 amide bonds. The second-order valence-corrected chi connectivity index (χ2v) is 33.4. The lowest BCUT2D eigenvalue weighted by atomic mass is 10.1. The molecule has 0 aliphatic rings. The molecule has 5 heterocycles. The van der Waals surface area contributed by atoms with Crippen LogP contribution in [0.4, 0.5) is 52.4 Å². The van der Waals surface area contributed by atoms with Crippen molar-refractivity contribution in [2.24, 2.45) is 0 Å². The highest BCUT2D eigenvalue weighted by Gasteiger charge is 2.26. The van der Waals surface area contributed by atoms with Gasteiger partial charge in [-0.15, -0.1) is 6.58 Å². The summed E-state index contributed by atoms with van der Waals surface area (Å²) in [5, 5.41) is 81.6. The van der Waals surface area contributed by atoms with Crippen LogP contribution in [0.5, 0.6) is 28.7 Å². The van der Waals surface area contributed by atoms with Crippen LogP contribution in [0.1, 0.15) is 136 Å². The summed E-state index contributed by atoms with van der Waals surface area (Å²) in [6.07, 6.45) is 7.34. The maximum atomic E-state index is 11.9. The number of unbranched alkanes of at least 4 members (excludes halogenated alkanes) is 1.